The number of esters is 1. The van der Waals surface area contributed by atoms with Crippen LogP contribution in [0.15, 0.2) is 84.9 Å². The average molecular weight is 743 g/mol. The monoisotopic (exact) mass is 742 g/mol. The molecule has 10 heteroatoms. The van der Waals surface area contributed by atoms with Gasteiger partial charge in [-0.15, -0.1) is 0 Å². The molecule has 0 fully saturated rings. The first-order chi connectivity index (χ1) is 26.8. The lowest BCUT2D eigenvalue weighted by Gasteiger charge is -2.37. The van der Waals surface area contributed by atoms with Gasteiger partial charge in [-0.1, -0.05) is 18.2 Å². The van der Waals surface area contributed by atoms with Gasteiger partial charge in [0.25, 0.3) is 0 Å². The maximum atomic E-state index is 13.4. The summed E-state index contributed by atoms with van der Waals surface area (Å²) in [6.07, 6.45) is 3.09. The van der Waals surface area contributed by atoms with Crippen LogP contribution in [-0.2, 0) is 25.7 Å². The van der Waals surface area contributed by atoms with E-state index >= 15 is 0 Å². The first kappa shape index (κ1) is 36.3. The Morgan fingerprint density at radius 1 is 0.636 bits per heavy atom. The van der Waals surface area contributed by atoms with Crippen LogP contribution in [0.1, 0.15) is 55.8 Å². The minimum Gasteiger partial charge on any atom is -0.497 e. The van der Waals surface area contributed by atoms with Crippen molar-refractivity contribution in [3.05, 3.63) is 124 Å². The summed E-state index contributed by atoms with van der Waals surface area (Å²) >= 11 is 0. The lowest BCUT2D eigenvalue weighted by atomic mass is 9.87. The van der Waals surface area contributed by atoms with Crippen LogP contribution in [0.5, 0.6) is 51.7 Å². The number of likely N-dealkylation sites (N-methyl/N-ethyl adjacent to an activating group) is 2. The molecule has 0 spiro atoms. The van der Waals surface area contributed by atoms with Gasteiger partial charge >= 0.3 is 5.97 Å². The van der Waals surface area contributed by atoms with Gasteiger partial charge in [-0.2, -0.15) is 0 Å². The zero-order chi connectivity index (χ0) is 38.2. The van der Waals surface area contributed by atoms with Crippen molar-refractivity contribution in [3.8, 4) is 51.7 Å². The number of carbonyl (C=O) groups excluding carboxylic acids is 1. The van der Waals surface area contributed by atoms with Crippen LogP contribution in [0.4, 0.5) is 0 Å². The van der Waals surface area contributed by atoms with Crippen LogP contribution in [0.2, 0.25) is 0 Å². The third kappa shape index (κ3) is 7.03. The molecule has 6 bridgehead atoms. The Morgan fingerprint density at radius 2 is 1.29 bits per heavy atom. The van der Waals surface area contributed by atoms with E-state index in [2.05, 4.69) is 54.2 Å². The zero-order valence-electron chi connectivity index (χ0n) is 32.1. The third-order valence-corrected chi connectivity index (χ3v) is 11.2. The van der Waals surface area contributed by atoms with E-state index in [4.69, 9.17) is 33.2 Å². The molecule has 2 atom stereocenters. The van der Waals surface area contributed by atoms with E-state index in [1.165, 1.54) is 11.1 Å². The van der Waals surface area contributed by atoms with E-state index in [1.807, 2.05) is 24.3 Å². The lowest BCUT2D eigenvalue weighted by molar-refractivity contribution is 0.0730. The van der Waals surface area contributed by atoms with Crippen molar-refractivity contribution in [2.24, 2.45) is 0 Å². The highest BCUT2D eigenvalue weighted by Crippen LogP contribution is 2.52. The number of ether oxygens (including phenoxy) is 7. The van der Waals surface area contributed by atoms with Gasteiger partial charge in [0, 0.05) is 30.7 Å². The second-order valence-electron chi connectivity index (χ2n) is 14.4. The molecule has 0 saturated heterocycles. The number of benzene rings is 5. The highest BCUT2D eigenvalue weighted by molar-refractivity contribution is 5.91. The van der Waals surface area contributed by atoms with E-state index in [0.717, 1.165) is 54.6 Å². The lowest BCUT2D eigenvalue weighted by Crippen LogP contribution is -2.34. The summed E-state index contributed by atoms with van der Waals surface area (Å²) in [4.78, 5) is 18.1. The van der Waals surface area contributed by atoms with Crippen LogP contribution in [0, 0.1) is 0 Å². The summed E-state index contributed by atoms with van der Waals surface area (Å²) < 4.78 is 42.9. The van der Waals surface area contributed by atoms with Gasteiger partial charge in [0.1, 0.15) is 11.5 Å². The van der Waals surface area contributed by atoms with E-state index in [9.17, 15) is 4.79 Å². The molecule has 55 heavy (non-hydrogen) atoms. The number of rotatable bonds is 6. The van der Waals surface area contributed by atoms with E-state index in [1.54, 1.807) is 58.8 Å². The molecule has 0 N–H and O–H groups in total. The number of nitrogens with zero attached hydrogens (tertiary/aromatic N) is 2. The molecule has 0 saturated carbocycles. The summed E-state index contributed by atoms with van der Waals surface area (Å²) in [5, 5.41) is 0. The number of carbonyl (C=O) groups is 1. The van der Waals surface area contributed by atoms with Crippen LogP contribution in [0.3, 0.4) is 0 Å². The molecule has 4 aliphatic heterocycles. The molecule has 0 amide bonds. The molecule has 0 aromatic heterocycles. The van der Waals surface area contributed by atoms with Crippen molar-refractivity contribution in [1.82, 2.24) is 9.80 Å². The average Bonchev–Trinajstić information content (AvgIpc) is 3.20. The second-order valence-corrected chi connectivity index (χ2v) is 14.4. The van der Waals surface area contributed by atoms with Crippen LogP contribution >= 0.6 is 0 Å². The van der Waals surface area contributed by atoms with Crippen LogP contribution in [0.25, 0.3) is 0 Å². The number of hydrogen-bond acceptors (Lipinski definition) is 10. The highest BCUT2D eigenvalue weighted by Gasteiger charge is 2.35. The SMILES string of the molecule is COc1ccc(C(=O)Oc2ccc3cc2Oc2ccc(cc2)C[C@H]2c4cc(c(OC)cc4CCN2C)Oc2c(OC)c(OC)cc4c2[C@@H](C3)N(C)CC4)cc1. The van der Waals surface area contributed by atoms with Crippen molar-refractivity contribution >= 4 is 5.97 Å². The van der Waals surface area contributed by atoms with Crippen molar-refractivity contribution in [2.45, 2.75) is 37.8 Å². The zero-order valence-corrected chi connectivity index (χ0v) is 32.1. The smallest absolute Gasteiger partial charge is 0.343 e. The molecule has 284 valence electrons. The van der Waals surface area contributed by atoms with Gasteiger partial charge in [-0.05, 0) is 134 Å². The van der Waals surface area contributed by atoms with E-state index < -0.39 is 5.97 Å². The van der Waals surface area contributed by atoms with Gasteiger partial charge in [0.2, 0.25) is 5.75 Å². The van der Waals surface area contributed by atoms with Gasteiger partial charge in [-0.25, -0.2) is 4.79 Å². The molecule has 4 aliphatic rings. The first-order valence-electron chi connectivity index (χ1n) is 18.6. The predicted octanol–water partition coefficient (Wildman–Crippen LogP) is 8.38. The fourth-order valence-corrected chi connectivity index (χ4v) is 8.08. The molecule has 4 heterocycles. The summed E-state index contributed by atoms with van der Waals surface area (Å²) in [6, 6.07) is 27.1. The molecular weight excluding hydrogens is 697 g/mol. The Balaban J connectivity index is 1.28. The molecule has 0 unspecified atom stereocenters. The fraction of sp³-hybridized carbons (Fsp3) is 0.311. The van der Waals surface area contributed by atoms with Crippen molar-refractivity contribution in [2.75, 3.05) is 55.6 Å². The maximum absolute atomic E-state index is 13.4. The molecule has 5 aromatic rings. The van der Waals surface area contributed by atoms with Crippen LogP contribution in [-0.4, -0.2) is 71.4 Å². The maximum Gasteiger partial charge on any atom is 0.343 e. The summed E-state index contributed by atoms with van der Waals surface area (Å²) in [5.74, 6) is 4.57. The molecular formula is C45H46N2O8. The van der Waals surface area contributed by atoms with E-state index in [-0.39, 0.29) is 12.1 Å². The summed E-state index contributed by atoms with van der Waals surface area (Å²) in [7, 11) is 10.9. The molecule has 0 aliphatic carbocycles. The Bertz CT molecular complexity index is 2220. The fourth-order valence-electron chi connectivity index (χ4n) is 8.08. The Kier molecular flexibility index (Phi) is 10.0. The highest BCUT2D eigenvalue weighted by atomic mass is 16.6. The Hall–Kier alpha value is -5.71. The van der Waals surface area contributed by atoms with Crippen LogP contribution < -0.4 is 33.2 Å². The van der Waals surface area contributed by atoms with Gasteiger partial charge < -0.3 is 33.2 Å². The van der Waals surface area contributed by atoms with Crippen molar-refractivity contribution in [1.29, 1.82) is 0 Å². The quantitative estimate of drug-likeness (QED) is 0.125. The first-order valence-corrected chi connectivity index (χ1v) is 18.6. The molecule has 0 radical (unpaired) electrons. The van der Waals surface area contributed by atoms with Crippen molar-refractivity contribution < 1.29 is 38.0 Å². The molecule has 10 nitrogen and oxygen atoms in total. The normalized spacial score (nSPS) is 17.8. The summed E-state index contributed by atoms with van der Waals surface area (Å²) in [5.41, 5.74) is 7.14. The second kappa shape index (κ2) is 15.2. The Labute approximate surface area is 322 Å². The minimum atomic E-state index is -0.497. The number of fused-ring (bicyclic) bond motifs is 2. The third-order valence-electron chi connectivity index (χ3n) is 11.2. The Morgan fingerprint density at radius 3 is 2.00 bits per heavy atom. The molecule has 5 aromatic carbocycles. The standard InChI is InChI=1S/C45H46N2O8/c1-46-19-17-30-24-38(50-4)40-26-34(30)35(46)21-27-7-12-33(13-8-27)53-39-23-28(9-16-37(39)55-45(48)29-10-14-32(49-3)15-11-29)22-36-42-31(18-20-47(36)2)25-41(51-5)43(52-6)44(42)54-40/h7-16,23-26,35-36H,17-22H2,1-6H3/t35-,36+/m0/s1. The molecule has 9 rings (SSSR count). The van der Waals surface area contributed by atoms with Gasteiger partial charge in [0.05, 0.1) is 34.0 Å². The number of methoxy groups -OCH3 is 4. The summed E-state index contributed by atoms with van der Waals surface area (Å²) in [6.45, 7) is 1.75. The largest absolute Gasteiger partial charge is 0.497 e. The predicted molar refractivity (Wildman–Crippen MR) is 209 cm³/mol. The van der Waals surface area contributed by atoms with E-state index in [0.29, 0.717) is 63.7 Å². The van der Waals surface area contributed by atoms with Gasteiger partial charge in [0.15, 0.2) is 34.5 Å². The number of hydrogen-bond donors (Lipinski definition) is 0. The van der Waals surface area contributed by atoms with Crippen molar-refractivity contribution in [3.63, 3.8) is 0 Å². The minimum absolute atomic E-state index is 0.100. The topological polar surface area (TPSA) is 88.2 Å². The van der Waals surface area contributed by atoms with Gasteiger partial charge in [-0.3, -0.25) is 9.80 Å².